The number of nitrogens with zero attached hydrogens (tertiary/aromatic N) is 1. The fourth-order valence-electron chi connectivity index (χ4n) is 2.71. The van der Waals surface area contributed by atoms with Crippen LogP contribution in [0.2, 0.25) is 0 Å². The van der Waals surface area contributed by atoms with Crippen molar-refractivity contribution >= 4 is 34.8 Å². The van der Waals surface area contributed by atoms with Crippen LogP contribution in [0.15, 0.2) is 34.2 Å². The summed E-state index contributed by atoms with van der Waals surface area (Å²) in [6, 6.07) is 7.51. The van der Waals surface area contributed by atoms with Crippen molar-refractivity contribution in [3.05, 3.63) is 40.3 Å². The zero-order chi connectivity index (χ0) is 16.2. The summed E-state index contributed by atoms with van der Waals surface area (Å²) in [5.41, 5.74) is 1.49. The van der Waals surface area contributed by atoms with Gasteiger partial charge in [-0.05, 0) is 48.4 Å². The predicted octanol–water partition coefficient (Wildman–Crippen LogP) is 2.55. The first-order valence-corrected chi connectivity index (χ1v) is 8.58. The third kappa shape index (κ3) is 3.82. The first-order chi connectivity index (χ1) is 11.2. The Balaban J connectivity index is 1.72. The van der Waals surface area contributed by atoms with E-state index in [4.69, 9.17) is 0 Å². The van der Waals surface area contributed by atoms with Gasteiger partial charge >= 0.3 is 0 Å². The molecule has 1 saturated heterocycles. The van der Waals surface area contributed by atoms with Gasteiger partial charge in [0.2, 0.25) is 0 Å². The number of hydrogen-bond acceptors (Lipinski definition) is 4. The average molecular weight is 329 g/mol. The predicted molar refractivity (Wildman–Crippen MR) is 93.2 cm³/mol. The Hall–Kier alpha value is -2.08. The van der Waals surface area contributed by atoms with Crippen molar-refractivity contribution in [2.75, 3.05) is 7.05 Å². The van der Waals surface area contributed by atoms with Crippen LogP contribution in [0.5, 0.6) is 0 Å². The van der Waals surface area contributed by atoms with Crippen molar-refractivity contribution in [3.8, 4) is 0 Å². The molecular weight excluding hydrogens is 310 g/mol. The molecule has 2 N–H and O–H groups in total. The lowest BCUT2D eigenvalue weighted by molar-refractivity contribution is -0.115. The lowest BCUT2D eigenvalue weighted by Gasteiger charge is -2.02. The molecule has 1 aliphatic heterocycles. The maximum atomic E-state index is 12.0. The molecule has 0 bridgehead atoms. The molecule has 0 atom stereocenters. The van der Waals surface area contributed by atoms with E-state index in [2.05, 4.69) is 15.6 Å². The van der Waals surface area contributed by atoms with Gasteiger partial charge in [-0.3, -0.25) is 14.6 Å². The number of carbonyl (C=O) groups excluding carboxylic acids is 2. The Kier molecular flexibility index (Phi) is 4.81. The standard InChI is InChI=1S/C17H19N3O2S/c1-18-15(21)12-8-6-11(7-9-12)10-14-16(22)20-17(23-14)19-13-4-2-3-5-13/h6-10,13H,2-5H2,1H3,(H,18,21)(H,19,20,22)/b14-10+. The number of amidine groups is 1. The molecule has 0 radical (unpaired) electrons. The molecule has 6 heteroatoms. The number of rotatable bonds is 3. The van der Waals surface area contributed by atoms with Crippen LogP contribution in [0.25, 0.3) is 6.08 Å². The molecule has 2 amide bonds. The molecule has 2 aliphatic rings. The smallest absolute Gasteiger partial charge is 0.264 e. The van der Waals surface area contributed by atoms with Crippen LogP contribution in [-0.4, -0.2) is 30.1 Å². The Labute approximate surface area is 139 Å². The molecule has 5 nitrogen and oxygen atoms in total. The Bertz CT molecular complexity index is 674. The highest BCUT2D eigenvalue weighted by Crippen LogP contribution is 2.29. The molecule has 1 aromatic carbocycles. The van der Waals surface area contributed by atoms with Gasteiger partial charge < -0.3 is 10.6 Å². The van der Waals surface area contributed by atoms with Gasteiger partial charge in [-0.15, -0.1) is 0 Å². The van der Waals surface area contributed by atoms with Gasteiger partial charge in [-0.2, -0.15) is 0 Å². The molecule has 0 spiro atoms. The van der Waals surface area contributed by atoms with E-state index in [-0.39, 0.29) is 11.8 Å². The minimum absolute atomic E-state index is 0.109. The molecule has 120 valence electrons. The molecule has 0 aromatic heterocycles. The second-order valence-electron chi connectivity index (χ2n) is 5.64. The second kappa shape index (κ2) is 7.00. The van der Waals surface area contributed by atoms with Gasteiger partial charge in [0.05, 0.1) is 10.9 Å². The number of aliphatic imine (C=N–C) groups is 1. The topological polar surface area (TPSA) is 70.6 Å². The summed E-state index contributed by atoms with van der Waals surface area (Å²) in [5, 5.41) is 6.12. The number of hydrogen-bond donors (Lipinski definition) is 2. The lowest BCUT2D eigenvalue weighted by atomic mass is 10.1. The highest BCUT2D eigenvalue weighted by Gasteiger charge is 2.25. The molecule has 1 aliphatic carbocycles. The number of carbonyl (C=O) groups is 2. The molecule has 1 saturated carbocycles. The first-order valence-electron chi connectivity index (χ1n) is 7.76. The Morgan fingerprint density at radius 2 is 2.00 bits per heavy atom. The van der Waals surface area contributed by atoms with Gasteiger partial charge in [-0.25, -0.2) is 0 Å². The van der Waals surface area contributed by atoms with Crippen molar-refractivity contribution < 1.29 is 9.59 Å². The number of amides is 2. The molecule has 23 heavy (non-hydrogen) atoms. The molecule has 2 fully saturated rings. The largest absolute Gasteiger partial charge is 0.355 e. The number of nitrogens with one attached hydrogen (secondary N) is 2. The summed E-state index contributed by atoms with van der Waals surface area (Å²) in [7, 11) is 1.60. The van der Waals surface area contributed by atoms with Crippen LogP contribution in [0.4, 0.5) is 0 Å². The van der Waals surface area contributed by atoms with Gasteiger partial charge in [0.25, 0.3) is 11.8 Å². The van der Waals surface area contributed by atoms with E-state index < -0.39 is 0 Å². The Morgan fingerprint density at radius 1 is 1.30 bits per heavy atom. The third-order valence-electron chi connectivity index (χ3n) is 3.97. The van der Waals surface area contributed by atoms with Gasteiger partial charge in [0.1, 0.15) is 0 Å². The van der Waals surface area contributed by atoms with E-state index in [0.29, 0.717) is 21.7 Å². The fourth-order valence-corrected chi connectivity index (χ4v) is 3.61. The van der Waals surface area contributed by atoms with Crippen LogP contribution in [0, 0.1) is 0 Å². The Morgan fingerprint density at radius 3 is 2.65 bits per heavy atom. The van der Waals surface area contributed by atoms with E-state index in [1.54, 1.807) is 19.2 Å². The van der Waals surface area contributed by atoms with E-state index in [9.17, 15) is 9.59 Å². The molecule has 1 aromatic rings. The normalized spacial score (nSPS) is 21.9. The lowest BCUT2D eigenvalue weighted by Crippen LogP contribution is -2.21. The first kappa shape index (κ1) is 15.8. The van der Waals surface area contributed by atoms with Crippen molar-refractivity contribution in [3.63, 3.8) is 0 Å². The van der Waals surface area contributed by atoms with Crippen LogP contribution in [0.1, 0.15) is 41.6 Å². The SMILES string of the molecule is CNC(=O)c1ccc(/C=C2/SC(=NC3CCCC3)NC2=O)cc1. The molecule has 3 rings (SSSR count). The van der Waals surface area contributed by atoms with Crippen LogP contribution >= 0.6 is 11.8 Å². The van der Waals surface area contributed by atoms with E-state index in [1.807, 2.05) is 18.2 Å². The second-order valence-corrected chi connectivity index (χ2v) is 6.67. The average Bonchev–Trinajstić information content (AvgIpc) is 3.18. The van der Waals surface area contributed by atoms with Gasteiger partial charge in [0, 0.05) is 12.6 Å². The maximum Gasteiger partial charge on any atom is 0.264 e. The van der Waals surface area contributed by atoms with Crippen LogP contribution in [-0.2, 0) is 4.79 Å². The zero-order valence-electron chi connectivity index (χ0n) is 13.0. The minimum atomic E-state index is -0.122. The summed E-state index contributed by atoms with van der Waals surface area (Å²) in [4.78, 5) is 28.8. The monoisotopic (exact) mass is 329 g/mol. The quantitative estimate of drug-likeness (QED) is 0.837. The highest BCUT2D eigenvalue weighted by molar-refractivity contribution is 8.18. The van der Waals surface area contributed by atoms with Crippen LogP contribution in [0.3, 0.4) is 0 Å². The minimum Gasteiger partial charge on any atom is -0.355 e. The van der Waals surface area contributed by atoms with E-state index in [0.717, 1.165) is 18.4 Å². The highest BCUT2D eigenvalue weighted by atomic mass is 32.2. The van der Waals surface area contributed by atoms with Gasteiger partial charge in [-0.1, -0.05) is 25.0 Å². The fraction of sp³-hybridized carbons (Fsp3) is 0.353. The van der Waals surface area contributed by atoms with Gasteiger partial charge in [0.15, 0.2) is 5.17 Å². The van der Waals surface area contributed by atoms with Crippen LogP contribution < -0.4 is 10.6 Å². The summed E-state index contributed by atoms with van der Waals surface area (Å²) in [6.07, 6.45) is 6.49. The number of benzene rings is 1. The zero-order valence-corrected chi connectivity index (χ0v) is 13.8. The molecular formula is C17H19N3O2S. The summed E-state index contributed by atoms with van der Waals surface area (Å²) in [5.74, 6) is -0.231. The summed E-state index contributed by atoms with van der Waals surface area (Å²) >= 11 is 1.39. The van der Waals surface area contributed by atoms with Crippen molar-refractivity contribution in [1.82, 2.24) is 10.6 Å². The summed E-state index contributed by atoms with van der Waals surface area (Å²) in [6.45, 7) is 0. The van der Waals surface area contributed by atoms with Crippen molar-refractivity contribution in [1.29, 1.82) is 0 Å². The molecule has 0 unspecified atom stereocenters. The van der Waals surface area contributed by atoms with E-state index in [1.165, 1.54) is 24.6 Å². The number of thioether (sulfide) groups is 1. The summed E-state index contributed by atoms with van der Waals surface area (Å²) < 4.78 is 0. The molecule has 1 heterocycles. The van der Waals surface area contributed by atoms with Crippen molar-refractivity contribution in [2.45, 2.75) is 31.7 Å². The van der Waals surface area contributed by atoms with E-state index >= 15 is 0 Å². The van der Waals surface area contributed by atoms with Crippen molar-refractivity contribution in [2.24, 2.45) is 4.99 Å². The maximum absolute atomic E-state index is 12.0. The third-order valence-corrected chi connectivity index (χ3v) is 4.90.